The van der Waals surface area contributed by atoms with E-state index < -0.39 is 23.1 Å². The van der Waals surface area contributed by atoms with E-state index in [4.69, 9.17) is 0 Å². The smallest absolute Gasteiger partial charge is 0.261 e. The predicted molar refractivity (Wildman–Crippen MR) is 110 cm³/mol. The number of aryl methyl sites for hydroxylation is 1. The number of rotatable bonds is 4. The first kappa shape index (κ1) is 18.9. The number of hydrogen-bond donors (Lipinski definition) is 1. The maximum atomic E-state index is 13.8. The van der Waals surface area contributed by atoms with Gasteiger partial charge in [0, 0.05) is 22.7 Å². The molecular formula is C22H15F2N3OS. The van der Waals surface area contributed by atoms with Gasteiger partial charge in [-0.15, -0.1) is 11.3 Å². The van der Waals surface area contributed by atoms with Gasteiger partial charge < -0.3 is 5.32 Å². The SMILES string of the molecule is Cc1ccc(-c2nccs2)cc1-c1ccc(NC(=O)c2c(F)cccc2F)cn1. The number of nitrogens with zero attached hydrogens (tertiary/aromatic N) is 2. The average molecular weight is 407 g/mol. The van der Waals surface area contributed by atoms with Crippen molar-refractivity contribution in [2.24, 2.45) is 0 Å². The van der Waals surface area contributed by atoms with Crippen molar-refractivity contribution < 1.29 is 13.6 Å². The lowest BCUT2D eigenvalue weighted by molar-refractivity contribution is 0.101. The number of amides is 1. The van der Waals surface area contributed by atoms with Crippen LogP contribution in [0.3, 0.4) is 0 Å². The number of aromatic nitrogens is 2. The molecule has 0 aliphatic rings. The van der Waals surface area contributed by atoms with Gasteiger partial charge in [0.1, 0.15) is 22.2 Å². The van der Waals surface area contributed by atoms with Crippen molar-refractivity contribution in [2.75, 3.05) is 5.32 Å². The third-order valence-electron chi connectivity index (χ3n) is 4.40. The number of hydrogen-bond acceptors (Lipinski definition) is 4. The van der Waals surface area contributed by atoms with E-state index in [1.54, 1.807) is 29.7 Å². The minimum absolute atomic E-state index is 0.343. The molecule has 2 heterocycles. The normalized spacial score (nSPS) is 10.7. The minimum Gasteiger partial charge on any atom is -0.320 e. The van der Waals surface area contributed by atoms with Crippen LogP contribution in [0.5, 0.6) is 0 Å². The van der Waals surface area contributed by atoms with Gasteiger partial charge in [-0.05, 0) is 42.8 Å². The molecule has 2 aromatic carbocycles. The second kappa shape index (κ2) is 7.89. The highest BCUT2D eigenvalue weighted by Crippen LogP contribution is 2.29. The van der Waals surface area contributed by atoms with Gasteiger partial charge in [0.05, 0.1) is 17.6 Å². The molecule has 0 spiro atoms. The lowest BCUT2D eigenvalue weighted by Gasteiger charge is -2.10. The predicted octanol–water partition coefficient (Wildman–Crippen LogP) is 5.71. The molecule has 0 saturated carbocycles. The van der Waals surface area contributed by atoms with E-state index in [9.17, 15) is 13.6 Å². The zero-order valence-electron chi connectivity index (χ0n) is 15.3. The topological polar surface area (TPSA) is 54.9 Å². The fourth-order valence-electron chi connectivity index (χ4n) is 2.93. The van der Waals surface area contributed by atoms with E-state index in [1.165, 1.54) is 12.3 Å². The van der Waals surface area contributed by atoms with Crippen molar-refractivity contribution in [2.45, 2.75) is 6.92 Å². The number of nitrogens with one attached hydrogen (secondary N) is 1. The fraction of sp³-hybridized carbons (Fsp3) is 0.0455. The van der Waals surface area contributed by atoms with Crippen molar-refractivity contribution in [3.8, 4) is 21.8 Å². The maximum Gasteiger partial charge on any atom is 0.261 e. The van der Waals surface area contributed by atoms with Crippen LogP contribution in [0.2, 0.25) is 0 Å². The Labute approximate surface area is 169 Å². The zero-order chi connectivity index (χ0) is 20.4. The largest absolute Gasteiger partial charge is 0.320 e. The van der Waals surface area contributed by atoms with E-state index in [0.717, 1.165) is 39.5 Å². The lowest BCUT2D eigenvalue weighted by atomic mass is 10.0. The molecule has 0 unspecified atom stereocenters. The van der Waals surface area contributed by atoms with Crippen LogP contribution >= 0.6 is 11.3 Å². The van der Waals surface area contributed by atoms with Gasteiger partial charge in [-0.2, -0.15) is 0 Å². The Kier molecular flexibility index (Phi) is 5.14. The third kappa shape index (κ3) is 3.90. The molecule has 0 aliphatic carbocycles. The van der Waals surface area contributed by atoms with Gasteiger partial charge in [0.2, 0.25) is 0 Å². The highest BCUT2D eigenvalue weighted by atomic mass is 32.1. The molecule has 29 heavy (non-hydrogen) atoms. The number of halogens is 2. The molecule has 0 aliphatic heterocycles. The minimum atomic E-state index is -0.915. The maximum absolute atomic E-state index is 13.8. The molecule has 1 amide bonds. The van der Waals surface area contributed by atoms with Gasteiger partial charge in [0.15, 0.2) is 0 Å². The summed E-state index contributed by atoms with van der Waals surface area (Å²) >= 11 is 1.55. The average Bonchev–Trinajstić information content (AvgIpc) is 3.24. The van der Waals surface area contributed by atoms with Crippen LogP contribution in [0.4, 0.5) is 14.5 Å². The lowest BCUT2D eigenvalue weighted by Crippen LogP contribution is -2.15. The number of thiazole rings is 1. The first-order chi connectivity index (χ1) is 14.0. The van der Waals surface area contributed by atoms with Gasteiger partial charge in [-0.25, -0.2) is 13.8 Å². The van der Waals surface area contributed by atoms with Gasteiger partial charge >= 0.3 is 0 Å². The Bertz CT molecular complexity index is 1160. The Morgan fingerprint density at radius 2 is 1.83 bits per heavy atom. The van der Waals surface area contributed by atoms with E-state index in [0.29, 0.717) is 5.69 Å². The summed E-state index contributed by atoms with van der Waals surface area (Å²) in [5.74, 6) is -2.69. The summed E-state index contributed by atoms with van der Waals surface area (Å²) in [7, 11) is 0. The van der Waals surface area contributed by atoms with Crippen LogP contribution in [0, 0.1) is 18.6 Å². The summed E-state index contributed by atoms with van der Waals surface area (Å²) < 4.78 is 27.5. The van der Waals surface area contributed by atoms with E-state index in [1.807, 2.05) is 30.5 Å². The van der Waals surface area contributed by atoms with Crippen LogP contribution in [-0.4, -0.2) is 15.9 Å². The molecule has 0 fully saturated rings. The van der Waals surface area contributed by atoms with Crippen molar-refractivity contribution in [3.63, 3.8) is 0 Å². The Balaban J connectivity index is 1.59. The van der Waals surface area contributed by atoms with Crippen molar-refractivity contribution in [1.29, 1.82) is 0 Å². The number of carbonyl (C=O) groups excluding carboxylic acids is 1. The second-order valence-electron chi connectivity index (χ2n) is 6.35. The van der Waals surface area contributed by atoms with Gasteiger partial charge in [-0.1, -0.05) is 18.2 Å². The quantitative estimate of drug-likeness (QED) is 0.471. The third-order valence-corrected chi connectivity index (χ3v) is 5.23. The first-order valence-corrected chi connectivity index (χ1v) is 9.63. The molecule has 4 nitrogen and oxygen atoms in total. The van der Waals surface area contributed by atoms with Crippen molar-refractivity contribution >= 4 is 22.9 Å². The molecule has 1 N–H and O–H groups in total. The monoisotopic (exact) mass is 407 g/mol. The first-order valence-electron chi connectivity index (χ1n) is 8.75. The van der Waals surface area contributed by atoms with E-state index >= 15 is 0 Å². The Hall–Kier alpha value is -3.45. The molecular weight excluding hydrogens is 392 g/mol. The van der Waals surface area contributed by atoms with Crippen molar-refractivity contribution in [3.05, 3.63) is 89.1 Å². The summed E-state index contributed by atoms with van der Waals surface area (Å²) in [6.45, 7) is 1.99. The molecule has 4 rings (SSSR count). The summed E-state index contributed by atoms with van der Waals surface area (Å²) in [4.78, 5) is 21.0. The summed E-state index contributed by atoms with van der Waals surface area (Å²) in [6, 6.07) is 12.7. The standard InChI is InChI=1S/C22H15F2N3OS/c1-13-5-6-14(22-25-9-10-29-22)11-16(13)19-8-7-15(12-26-19)27-21(28)20-17(23)3-2-4-18(20)24/h2-12H,1H3,(H,27,28). The van der Waals surface area contributed by atoms with Gasteiger partial charge in [0.25, 0.3) is 5.91 Å². The van der Waals surface area contributed by atoms with Crippen LogP contribution in [0.1, 0.15) is 15.9 Å². The molecule has 7 heteroatoms. The Morgan fingerprint density at radius 3 is 2.48 bits per heavy atom. The highest BCUT2D eigenvalue weighted by molar-refractivity contribution is 7.13. The highest BCUT2D eigenvalue weighted by Gasteiger charge is 2.17. The molecule has 0 atom stereocenters. The Morgan fingerprint density at radius 1 is 1.03 bits per heavy atom. The molecule has 0 radical (unpaired) electrons. The van der Waals surface area contributed by atoms with Crippen LogP contribution in [0.25, 0.3) is 21.8 Å². The van der Waals surface area contributed by atoms with Gasteiger partial charge in [-0.3, -0.25) is 9.78 Å². The molecule has 144 valence electrons. The van der Waals surface area contributed by atoms with Crippen molar-refractivity contribution in [1.82, 2.24) is 9.97 Å². The number of anilines is 1. The number of carbonyl (C=O) groups is 1. The summed E-state index contributed by atoms with van der Waals surface area (Å²) in [5.41, 5.74) is 3.42. The fourth-order valence-corrected chi connectivity index (χ4v) is 3.57. The number of pyridine rings is 1. The van der Waals surface area contributed by atoms with E-state index in [2.05, 4.69) is 15.3 Å². The van der Waals surface area contributed by atoms with E-state index in [-0.39, 0.29) is 0 Å². The van der Waals surface area contributed by atoms with Crippen LogP contribution < -0.4 is 5.32 Å². The molecule has 0 bridgehead atoms. The number of benzene rings is 2. The molecule has 2 aromatic heterocycles. The summed E-state index contributed by atoms with van der Waals surface area (Å²) in [6.07, 6.45) is 3.22. The molecule has 0 saturated heterocycles. The van der Waals surface area contributed by atoms with Crippen LogP contribution in [0.15, 0.2) is 66.3 Å². The zero-order valence-corrected chi connectivity index (χ0v) is 16.1. The second-order valence-corrected chi connectivity index (χ2v) is 7.24. The summed E-state index contributed by atoms with van der Waals surface area (Å²) in [5, 5.41) is 5.32. The molecule has 4 aromatic rings. The van der Waals surface area contributed by atoms with Crippen LogP contribution in [-0.2, 0) is 0 Å².